The predicted molar refractivity (Wildman–Crippen MR) is 91.4 cm³/mol. The third kappa shape index (κ3) is 2.68. The Bertz CT molecular complexity index is 728. The molecule has 24 heavy (non-hydrogen) atoms. The van der Waals surface area contributed by atoms with E-state index in [9.17, 15) is 14.4 Å². The number of nitrogens with zero attached hydrogens (tertiary/aromatic N) is 2. The predicted octanol–water partition coefficient (Wildman–Crippen LogP) is 2.16. The lowest BCUT2D eigenvalue weighted by Gasteiger charge is -2.25. The van der Waals surface area contributed by atoms with Crippen LogP contribution in [0, 0.1) is 0 Å². The number of carbonyl (C=O) groups excluding carboxylic acids is 3. The van der Waals surface area contributed by atoms with Gasteiger partial charge in [0.2, 0.25) is 5.91 Å². The third-order valence-electron chi connectivity index (χ3n) is 4.69. The molecule has 1 atom stereocenters. The average molecular weight is 327 g/mol. The van der Waals surface area contributed by atoms with Crippen molar-refractivity contribution in [2.75, 3.05) is 18.0 Å². The monoisotopic (exact) mass is 327 g/mol. The fraction of sp³-hybridized carbons (Fsp3) is 0.389. The molecular weight excluding hydrogens is 306 g/mol. The Hall–Kier alpha value is -2.63. The van der Waals surface area contributed by atoms with Gasteiger partial charge in [0, 0.05) is 6.54 Å². The molecule has 6 nitrogen and oxygen atoms in total. The standard InChI is InChI=1S/C18H21N3O3/c1-3-18(2)16(23)21(17(24)19-18)12-15(22)20-11-7-6-9-13-8-4-5-10-14(13)20/h4-6,8-10H,3,7,11-12H2,1-2H3,(H,19,24)/t18-/m0/s1. The fourth-order valence-corrected chi connectivity index (χ4v) is 3.02. The summed E-state index contributed by atoms with van der Waals surface area (Å²) in [5.41, 5.74) is 0.843. The molecule has 0 aliphatic carbocycles. The van der Waals surface area contributed by atoms with Crippen LogP contribution >= 0.6 is 0 Å². The van der Waals surface area contributed by atoms with E-state index < -0.39 is 11.6 Å². The molecule has 4 amide bonds. The molecule has 0 spiro atoms. The summed E-state index contributed by atoms with van der Waals surface area (Å²) in [5.74, 6) is -0.598. The zero-order chi connectivity index (χ0) is 17.3. The zero-order valence-corrected chi connectivity index (χ0v) is 13.9. The first kappa shape index (κ1) is 16.2. The van der Waals surface area contributed by atoms with Gasteiger partial charge >= 0.3 is 6.03 Å². The maximum atomic E-state index is 12.8. The van der Waals surface area contributed by atoms with Crippen LogP contribution in [-0.4, -0.2) is 41.4 Å². The number of hydrogen-bond acceptors (Lipinski definition) is 3. The molecule has 0 unspecified atom stereocenters. The van der Waals surface area contributed by atoms with E-state index in [1.54, 1.807) is 11.8 Å². The van der Waals surface area contributed by atoms with Crippen LogP contribution in [0.3, 0.4) is 0 Å². The number of imide groups is 1. The Labute approximate surface area is 141 Å². The van der Waals surface area contributed by atoms with E-state index in [2.05, 4.69) is 5.32 Å². The molecule has 0 radical (unpaired) electrons. The third-order valence-corrected chi connectivity index (χ3v) is 4.69. The van der Waals surface area contributed by atoms with Crippen LogP contribution in [0.25, 0.3) is 6.08 Å². The van der Waals surface area contributed by atoms with Crippen molar-refractivity contribution in [2.24, 2.45) is 0 Å². The van der Waals surface area contributed by atoms with Crippen molar-refractivity contribution in [1.29, 1.82) is 0 Å². The van der Waals surface area contributed by atoms with E-state index in [1.807, 2.05) is 43.3 Å². The summed E-state index contributed by atoms with van der Waals surface area (Å²) in [4.78, 5) is 40.0. The lowest BCUT2D eigenvalue weighted by molar-refractivity contribution is -0.134. The highest BCUT2D eigenvalue weighted by Crippen LogP contribution is 2.26. The summed E-state index contributed by atoms with van der Waals surface area (Å²) in [7, 11) is 0. The van der Waals surface area contributed by atoms with E-state index in [0.717, 1.165) is 22.6 Å². The van der Waals surface area contributed by atoms with Gasteiger partial charge in [-0.2, -0.15) is 0 Å². The first-order chi connectivity index (χ1) is 11.5. The molecule has 1 saturated heterocycles. The summed E-state index contributed by atoms with van der Waals surface area (Å²) in [5, 5.41) is 2.67. The van der Waals surface area contributed by atoms with Crippen LogP contribution in [0.4, 0.5) is 10.5 Å². The maximum Gasteiger partial charge on any atom is 0.325 e. The summed E-state index contributed by atoms with van der Waals surface area (Å²) in [6.07, 6.45) is 5.23. The van der Waals surface area contributed by atoms with Crippen molar-refractivity contribution >= 4 is 29.6 Å². The summed E-state index contributed by atoms with van der Waals surface area (Å²) < 4.78 is 0. The second kappa shape index (κ2) is 6.11. The van der Waals surface area contributed by atoms with E-state index in [0.29, 0.717) is 13.0 Å². The van der Waals surface area contributed by atoms with Gasteiger partial charge in [-0.3, -0.25) is 14.5 Å². The van der Waals surface area contributed by atoms with E-state index in [1.165, 1.54) is 0 Å². The molecular formula is C18H21N3O3. The van der Waals surface area contributed by atoms with Crippen LogP contribution in [0.1, 0.15) is 32.3 Å². The van der Waals surface area contributed by atoms with Crippen LogP contribution in [0.2, 0.25) is 0 Å². The Morgan fingerprint density at radius 3 is 2.75 bits per heavy atom. The van der Waals surface area contributed by atoms with Crippen molar-refractivity contribution < 1.29 is 14.4 Å². The highest BCUT2D eigenvalue weighted by atomic mass is 16.2. The molecule has 3 rings (SSSR count). The minimum Gasteiger partial charge on any atom is -0.323 e. The number of hydrogen-bond donors (Lipinski definition) is 1. The second-order valence-electron chi connectivity index (χ2n) is 6.30. The molecule has 0 aromatic heterocycles. The topological polar surface area (TPSA) is 69.7 Å². The summed E-state index contributed by atoms with van der Waals surface area (Å²) >= 11 is 0. The van der Waals surface area contributed by atoms with Gasteiger partial charge in [0.05, 0.1) is 5.69 Å². The van der Waals surface area contributed by atoms with Gasteiger partial charge in [0.1, 0.15) is 12.1 Å². The largest absolute Gasteiger partial charge is 0.325 e. The van der Waals surface area contributed by atoms with E-state index >= 15 is 0 Å². The minimum absolute atomic E-state index is 0.241. The molecule has 2 aliphatic heterocycles. The average Bonchev–Trinajstić information content (AvgIpc) is 2.75. The molecule has 1 fully saturated rings. The van der Waals surface area contributed by atoms with Crippen molar-refractivity contribution in [3.8, 4) is 0 Å². The lowest BCUT2D eigenvalue weighted by Crippen LogP contribution is -2.45. The van der Waals surface area contributed by atoms with Gasteiger partial charge in [0.15, 0.2) is 0 Å². The maximum absolute atomic E-state index is 12.8. The molecule has 1 aromatic rings. The van der Waals surface area contributed by atoms with Gasteiger partial charge in [-0.25, -0.2) is 4.79 Å². The van der Waals surface area contributed by atoms with E-state index in [4.69, 9.17) is 0 Å². The number of amides is 4. The molecule has 2 heterocycles. The molecule has 1 N–H and O–H groups in total. The lowest BCUT2D eigenvalue weighted by atomic mass is 9.99. The molecule has 126 valence electrons. The Kier molecular flexibility index (Phi) is 4.13. The number of carbonyl (C=O) groups is 3. The van der Waals surface area contributed by atoms with Crippen molar-refractivity contribution in [2.45, 2.75) is 32.2 Å². The quantitative estimate of drug-likeness (QED) is 0.865. The molecule has 6 heteroatoms. The van der Waals surface area contributed by atoms with Crippen LogP contribution < -0.4 is 10.2 Å². The normalized spacial score (nSPS) is 23.1. The first-order valence-corrected chi connectivity index (χ1v) is 8.16. The smallest absolute Gasteiger partial charge is 0.323 e. The number of benzene rings is 1. The number of fused-ring (bicyclic) bond motifs is 1. The SMILES string of the molecule is CC[C@]1(C)NC(=O)N(CC(=O)N2CCC=Cc3ccccc32)C1=O. The van der Waals surface area contributed by atoms with Gasteiger partial charge in [-0.15, -0.1) is 0 Å². The highest BCUT2D eigenvalue weighted by molar-refractivity contribution is 6.10. The zero-order valence-electron chi connectivity index (χ0n) is 13.9. The number of nitrogens with one attached hydrogen (secondary N) is 1. The van der Waals surface area contributed by atoms with Gasteiger partial charge < -0.3 is 10.2 Å². The van der Waals surface area contributed by atoms with Crippen molar-refractivity contribution in [3.63, 3.8) is 0 Å². The van der Waals surface area contributed by atoms with Crippen molar-refractivity contribution in [3.05, 3.63) is 35.9 Å². The summed E-state index contributed by atoms with van der Waals surface area (Å²) in [6.45, 7) is 3.80. The Morgan fingerprint density at radius 2 is 2.04 bits per heavy atom. The molecule has 1 aromatic carbocycles. The Balaban J connectivity index is 1.81. The van der Waals surface area contributed by atoms with Gasteiger partial charge in [-0.05, 0) is 31.4 Å². The molecule has 0 saturated carbocycles. The fourth-order valence-electron chi connectivity index (χ4n) is 3.02. The van der Waals surface area contributed by atoms with Gasteiger partial charge in [0.25, 0.3) is 5.91 Å². The highest BCUT2D eigenvalue weighted by Gasteiger charge is 2.47. The number of urea groups is 1. The number of para-hydroxylation sites is 1. The number of rotatable bonds is 3. The van der Waals surface area contributed by atoms with Crippen molar-refractivity contribution in [1.82, 2.24) is 10.2 Å². The molecule has 0 bridgehead atoms. The van der Waals surface area contributed by atoms with Crippen LogP contribution in [0.5, 0.6) is 0 Å². The molecule has 2 aliphatic rings. The first-order valence-electron chi connectivity index (χ1n) is 8.16. The Morgan fingerprint density at radius 1 is 1.29 bits per heavy atom. The van der Waals surface area contributed by atoms with E-state index in [-0.39, 0.29) is 18.4 Å². The minimum atomic E-state index is -0.921. The van der Waals surface area contributed by atoms with Crippen LogP contribution in [-0.2, 0) is 9.59 Å². The number of anilines is 1. The second-order valence-corrected chi connectivity index (χ2v) is 6.30. The van der Waals surface area contributed by atoms with Crippen LogP contribution in [0.15, 0.2) is 30.3 Å². The summed E-state index contributed by atoms with van der Waals surface area (Å²) in [6, 6.07) is 7.12. The van der Waals surface area contributed by atoms with Gasteiger partial charge in [-0.1, -0.05) is 37.3 Å².